The van der Waals surface area contributed by atoms with Gasteiger partial charge in [-0.05, 0) is 55.8 Å². The molecule has 3 nitrogen and oxygen atoms in total. The Morgan fingerprint density at radius 3 is 2.38 bits per heavy atom. The summed E-state index contributed by atoms with van der Waals surface area (Å²) in [6.45, 7) is 8.21. The van der Waals surface area contributed by atoms with E-state index in [4.69, 9.17) is 5.73 Å². The second-order valence-electron chi connectivity index (χ2n) is 8.23. The first kappa shape index (κ1) is 17.2. The average molecular weight is 296 g/mol. The van der Waals surface area contributed by atoms with Gasteiger partial charge in [0.25, 0.3) is 0 Å². The molecule has 0 aromatic rings. The van der Waals surface area contributed by atoms with E-state index in [9.17, 15) is 5.11 Å². The van der Waals surface area contributed by atoms with Gasteiger partial charge in [-0.2, -0.15) is 0 Å². The van der Waals surface area contributed by atoms with Gasteiger partial charge in [0.2, 0.25) is 0 Å². The van der Waals surface area contributed by atoms with Crippen LogP contribution in [0.25, 0.3) is 0 Å². The molecule has 0 aromatic carbocycles. The van der Waals surface area contributed by atoms with E-state index in [0.717, 1.165) is 12.5 Å². The third-order valence-corrected chi connectivity index (χ3v) is 6.74. The lowest BCUT2D eigenvalue weighted by Gasteiger charge is -2.46. The number of aliphatic hydroxyl groups excluding tert-OH is 1. The fourth-order valence-electron chi connectivity index (χ4n) is 4.49. The van der Waals surface area contributed by atoms with Crippen LogP contribution >= 0.6 is 0 Å². The maximum atomic E-state index is 9.53. The van der Waals surface area contributed by atoms with Gasteiger partial charge in [0.1, 0.15) is 0 Å². The summed E-state index contributed by atoms with van der Waals surface area (Å²) in [5.41, 5.74) is 6.75. The molecule has 0 spiro atoms. The van der Waals surface area contributed by atoms with E-state index in [2.05, 4.69) is 26.1 Å². The smallest absolute Gasteiger partial charge is 0.0474 e. The lowest BCUT2D eigenvalue weighted by Crippen LogP contribution is -2.58. The SMILES string of the molecule is CCC(C)(C)C1CCC(CN)(NC2CCCC2CO)CC1. The van der Waals surface area contributed by atoms with E-state index >= 15 is 0 Å². The van der Waals surface area contributed by atoms with Crippen LogP contribution in [0.5, 0.6) is 0 Å². The molecule has 0 aromatic heterocycles. The molecule has 0 aliphatic heterocycles. The van der Waals surface area contributed by atoms with Crippen molar-refractivity contribution in [2.45, 2.75) is 83.7 Å². The van der Waals surface area contributed by atoms with Crippen molar-refractivity contribution < 1.29 is 5.11 Å². The van der Waals surface area contributed by atoms with E-state index in [1.807, 2.05) is 0 Å². The summed E-state index contributed by atoms with van der Waals surface area (Å²) in [6, 6.07) is 0.481. The van der Waals surface area contributed by atoms with E-state index in [-0.39, 0.29) is 5.54 Å². The Morgan fingerprint density at radius 2 is 1.86 bits per heavy atom. The van der Waals surface area contributed by atoms with Gasteiger partial charge in [-0.25, -0.2) is 0 Å². The molecule has 21 heavy (non-hydrogen) atoms. The highest BCUT2D eigenvalue weighted by Crippen LogP contribution is 2.43. The first-order chi connectivity index (χ1) is 9.96. The third kappa shape index (κ3) is 3.80. The van der Waals surface area contributed by atoms with E-state index < -0.39 is 0 Å². The van der Waals surface area contributed by atoms with Crippen LogP contribution in [0.15, 0.2) is 0 Å². The van der Waals surface area contributed by atoms with Gasteiger partial charge in [0.05, 0.1) is 0 Å². The third-order valence-electron chi connectivity index (χ3n) is 6.74. The Bertz CT molecular complexity index is 321. The van der Waals surface area contributed by atoms with Gasteiger partial charge in [0.15, 0.2) is 0 Å². The van der Waals surface area contributed by atoms with Gasteiger partial charge in [0, 0.05) is 24.7 Å². The molecular formula is C18H36N2O. The van der Waals surface area contributed by atoms with Crippen molar-refractivity contribution in [2.24, 2.45) is 23.0 Å². The van der Waals surface area contributed by atoms with Crippen molar-refractivity contribution >= 4 is 0 Å². The fraction of sp³-hybridized carbons (Fsp3) is 1.00. The van der Waals surface area contributed by atoms with Crippen LogP contribution in [0.4, 0.5) is 0 Å². The van der Waals surface area contributed by atoms with Gasteiger partial charge >= 0.3 is 0 Å². The molecule has 3 heteroatoms. The highest BCUT2D eigenvalue weighted by atomic mass is 16.3. The summed E-state index contributed by atoms with van der Waals surface area (Å²) in [5.74, 6) is 1.28. The van der Waals surface area contributed by atoms with Crippen molar-refractivity contribution in [3.05, 3.63) is 0 Å². The number of nitrogens with one attached hydrogen (secondary N) is 1. The molecule has 0 bridgehead atoms. The van der Waals surface area contributed by atoms with Crippen LogP contribution in [-0.4, -0.2) is 29.8 Å². The first-order valence-electron chi connectivity index (χ1n) is 9.05. The molecule has 2 unspecified atom stereocenters. The zero-order valence-corrected chi connectivity index (χ0v) is 14.3. The summed E-state index contributed by atoms with van der Waals surface area (Å²) >= 11 is 0. The molecule has 2 atom stereocenters. The van der Waals surface area contributed by atoms with E-state index in [0.29, 0.717) is 24.0 Å². The standard InChI is InChI=1S/C18H36N2O/c1-4-17(2,3)15-8-10-18(13-19,11-9-15)20-16-7-5-6-14(16)12-21/h14-16,20-21H,4-13,19H2,1-3H3. The minimum absolute atomic E-state index is 0.128. The van der Waals surface area contributed by atoms with Crippen LogP contribution in [-0.2, 0) is 0 Å². The van der Waals surface area contributed by atoms with Crippen LogP contribution < -0.4 is 11.1 Å². The predicted octanol–water partition coefficient (Wildman–Crippen LogP) is 3.06. The zero-order chi connectivity index (χ0) is 15.5. The van der Waals surface area contributed by atoms with Crippen LogP contribution in [0.2, 0.25) is 0 Å². The number of rotatable bonds is 6. The summed E-state index contributed by atoms with van der Waals surface area (Å²) in [5, 5.41) is 13.4. The molecule has 2 aliphatic rings. The van der Waals surface area contributed by atoms with Gasteiger partial charge in [-0.3, -0.25) is 0 Å². The molecular weight excluding hydrogens is 260 g/mol. The molecule has 0 amide bonds. The maximum Gasteiger partial charge on any atom is 0.0474 e. The van der Waals surface area contributed by atoms with E-state index in [1.54, 1.807) is 0 Å². The summed E-state index contributed by atoms with van der Waals surface area (Å²) in [4.78, 5) is 0. The van der Waals surface area contributed by atoms with Crippen molar-refractivity contribution in [3.63, 3.8) is 0 Å². The topological polar surface area (TPSA) is 58.3 Å². The Labute approximate surface area is 131 Å². The Morgan fingerprint density at radius 1 is 1.19 bits per heavy atom. The molecule has 0 heterocycles. The number of hydrogen-bond donors (Lipinski definition) is 3. The minimum atomic E-state index is 0.128. The van der Waals surface area contributed by atoms with Crippen LogP contribution in [0.3, 0.4) is 0 Å². The quantitative estimate of drug-likeness (QED) is 0.706. The second-order valence-corrected chi connectivity index (χ2v) is 8.23. The highest BCUT2D eigenvalue weighted by Gasteiger charge is 2.41. The number of nitrogens with two attached hydrogens (primary N) is 1. The molecule has 2 fully saturated rings. The summed E-state index contributed by atoms with van der Waals surface area (Å²) in [6.07, 6.45) is 9.86. The monoisotopic (exact) mass is 296 g/mol. The molecule has 124 valence electrons. The molecule has 0 radical (unpaired) electrons. The normalized spacial score (nSPS) is 37.9. The first-order valence-corrected chi connectivity index (χ1v) is 9.05. The molecule has 2 aliphatic carbocycles. The second kappa shape index (κ2) is 6.97. The molecule has 4 N–H and O–H groups in total. The molecule has 2 saturated carbocycles. The van der Waals surface area contributed by atoms with Gasteiger partial charge in [-0.1, -0.05) is 33.6 Å². The molecule has 0 saturated heterocycles. The van der Waals surface area contributed by atoms with Crippen molar-refractivity contribution in [3.8, 4) is 0 Å². The highest BCUT2D eigenvalue weighted by molar-refractivity contribution is 4.99. The van der Waals surface area contributed by atoms with Crippen molar-refractivity contribution in [1.82, 2.24) is 5.32 Å². The number of aliphatic hydroxyl groups is 1. The van der Waals surface area contributed by atoms with Crippen LogP contribution in [0, 0.1) is 17.3 Å². The van der Waals surface area contributed by atoms with Crippen molar-refractivity contribution in [2.75, 3.05) is 13.2 Å². The Hall–Kier alpha value is -0.120. The average Bonchev–Trinajstić information content (AvgIpc) is 2.94. The zero-order valence-electron chi connectivity index (χ0n) is 14.3. The van der Waals surface area contributed by atoms with Crippen molar-refractivity contribution in [1.29, 1.82) is 0 Å². The number of hydrogen-bond acceptors (Lipinski definition) is 3. The summed E-state index contributed by atoms with van der Waals surface area (Å²) in [7, 11) is 0. The Balaban J connectivity index is 1.95. The maximum absolute atomic E-state index is 9.53. The minimum Gasteiger partial charge on any atom is -0.396 e. The lowest BCUT2D eigenvalue weighted by molar-refractivity contribution is 0.0870. The lowest BCUT2D eigenvalue weighted by atomic mass is 9.65. The Kier molecular flexibility index (Phi) is 5.72. The van der Waals surface area contributed by atoms with E-state index in [1.165, 1.54) is 51.4 Å². The fourth-order valence-corrected chi connectivity index (χ4v) is 4.49. The largest absolute Gasteiger partial charge is 0.396 e. The summed E-state index contributed by atoms with van der Waals surface area (Å²) < 4.78 is 0. The van der Waals surface area contributed by atoms with Gasteiger partial charge < -0.3 is 16.2 Å². The predicted molar refractivity (Wildman–Crippen MR) is 89.2 cm³/mol. The van der Waals surface area contributed by atoms with Crippen LogP contribution in [0.1, 0.15) is 72.1 Å². The van der Waals surface area contributed by atoms with Gasteiger partial charge in [-0.15, -0.1) is 0 Å². The molecule has 2 rings (SSSR count).